The van der Waals surface area contributed by atoms with Crippen molar-refractivity contribution in [3.8, 4) is 5.75 Å². The monoisotopic (exact) mass is 369 g/mol. The van der Waals surface area contributed by atoms with Gasteiger partial charge in [-0.3, -0.25) is 4.72 Å². The number of halogens is 1. The number of urea groups is 1. The van der Waals surface area contributed by atoms with Gasteiger partial charge in [0.1, 0.15) is 5.75 Å². The van der Waals surface area contributed by atoms with Gasteiger partial charge in [0, 0.05) is 17.1 Å². The van der Waals surface area contributed by atoms with Crippen LogP contribution in [0.2, 0.25) is 5.02 Å². The topological polar surface area (TPSA) is 96.5 Å². The minimum absolute atomic E-state index is 0.381. The molecule has 0 aliphatic rings. The number of methoxy groups -OCH3 is 1. The highest BCUT2D eigenvalue weighted by Gasteiger charge is 2.07. The summed E-state index contributed by atoms with van der Waals surface area (Å²) in [7, 11) is -1.83. The van der Waals surface area contributed by atoms with Crippen molar-refractivity contribution >= 4 is 44.7 Å². The third-order valence-corrected chi connectivity index (χ3v) is 3.76. The van der Waals surface area contributed by atoms with E-state index in [1.165, 1.54) is 7.11 Å². The fraction of sp³-hybridized carbons (Fsp3) is 0.133. The molecule has 24 heavy (non-hydrogen) atoms. The van der Waals surface area contributed by atoms with E-state index in [-0.39, 0.29) is 0 Å². The van der Waals surface area contributed by atoms with E-state index in [0.717, 1.165) is 6.26 Å². The minimum Gasteiger partial charge on any atom is -0.495 e. The molecule has 0 heterocycles. The molecule has 7 nitrogen and oxygen atoms in total. The molecular weight excluding hydrogens is 354 g/mol. The van der Waals surface area contributed by atoms with Gasteiger partial charge in [0.15, 0.2) is 0 Å². The van der Waals surface area contributed by atoms with E-state index in [1.54, 1.807) is 42.5 Å². The summed E-state index contributed by atoms with van der Waals surface area (Å²) in [6, 6.07) is 10.6. The Bertz CT molecular complexity index is 838. The quantitative estimate of drug-likeness (QED) is 0.752. The fourth-order valence-corrected chi connectivity index (χ4v) is 2.70. The Morgan fingerprint density at radius 2 is 1.54 bits per heavy atom. The first-order valence-electron chi connectivity index (χ1n) is 6.76. The zero-order chi connectivity index (χ0) is 17.7. The van der Waals surface area contributed by atoms with Crippen LogP contribution in [0.5, 0.6) is 5.75 Å². The molecule has 0 fully saturated rings. The van der Waals surface area contributed by atoms with E-state index in [1.807, 2.05) is 0 Å². The predicted molar refractivity (Wildman–Crippen MR) is 95.6 cm³/mol. The first-order valence-corrected chi connectivity index (χ1v) is 9.03. The highest BCUT2D eigenvalue weighted by atomic mass is 35.5. The maximum Gasteiger partial charge on any atom is 0.323 e. The normalized spacial score (nSPS) is 10.8. The zero-order valence-electron chi connectivity index (χ0n) is 13.0. The summed E-state index contributed by atoms with van der Waals surface area (Å²) in [6.07, 6.45) is 1.06. The number of rotatable bonds is 5. The SMILES string of the molecule is COc1ccc(NC(=O)Nc2ccc(NS(C)(=O)=O)cc2)cc1Cl. The Labute approximate surface area is 145 Å². The molecule has 0 spiro atoms. The van der Waals surface area contributed by atoms with Crippen LogP contribution in [0.3, 0.4) is 0 Å². The molecule has 0 aliphatic heterocycles. The van der Waals surface area contributed by atoms with Crippen molar-refractivity contribution in [1.29, 1.82) is 0 Å². The summed E-state index contributed by atoms with van der Waals surface area (Å²) in [4.78, 5) is 12.0. The van der Waals surface area contributed by atoms with Gasteiger partial charge in [-0.15, -0.1) is 0 Å². The van der Waals surface area contributed by atoms with E-state index in [4.69, 9.17) is 16.3 Å². The number of nitrogens with one attached hydrogen (secondary N) is 3. The fourth-order valence-electron chi connectivity index (χ4n) is 1.87. The summed E-state index contributed by atoms with van der Waals surface area (Å²) >= 11 is 5.99. The number of benzene rings is 2. The van der Waals surface area contributed by atoms with Gasteiger partial charge in [-0.05, 0) is 42.5 Å². The minimum atomic E-state index is -3.34. The molecule has 2 rings (SSSR count). The number of ether oxygens (including phenoxy) is 1. The second-order valence-corrected chi connectivity index (χ2v) is 7.04. The predicted octanol–water partition coefficient (Wildman–Crippen LogP) is 3.36. The average molecular weight is 370 g/mol. The number of amides is 2. The van der Waals surface area contributed by atoms with Gasteiger partial charge in [0.05, 0.1) is 18.4 Å². The van der Waals surface area contributed by atoms with Crippen molar-refractivity contribution in [1.82, 2.24) is 0 Å². The van der Waals surface area contributed by atoms with E-state index >= 15 is 0 Å². The maximum absolute atomic E-state index is 12.0. The lowest BCUT2D eigenvalue weighted by Gasteiger charge is -2.10. The van der Waals surface area contributed by atoms with Gasteiger partial charge < -0.3 is 15.4 Å². The van der Waals surface area contributed by atoms with Gasteiger partial charge in [-0.2, -0.15) is 0 Å². The largest absolute Gasteiger partial charge is 0.495 e. The van der Waals surface area contributed by atoms with Crippen molar-refractivity contribution < 1.29 is 17.9 Å². The molecule has 2 amide bonds. The summed E-state index contributed by atoms with van der Waals surface area (Å²) in [5.41, 5.74) is 1.42. The second kappa shape index (κ2) is 7.41. The number of sulfonamides is 1. The first kappa shape index (κ1) is 17.9. The Kier molecular flexibility index (Phi) is 5.53. The Hall–Kier alpha value is -2.45. The van der Waals surface area contributed by atoms with Crippen LogP contribution >= 0.6 is 11.6 Å². The maximum atomic E-state index is 12.0. The Balaban J connectivity index is 1.98. The smallest absolute Gasteiger partial charge is 0.323 e. The van der Waals surface area contributed by atoms with Gasteiger partial charge in [0.2, 0.25) is 10.0 Å². The van der Waals surface area contributed by atoms with Gasteiger partial charge >= 0.3 is 6.03 Å². The molecule has 0 aliphatic carbocycles. The van der Waals surface area contributed by atoms with Crippen molar-refractivity contribution in [2.24, 2.45) is 0 Å². The van der Waals surface area contributed by atoms with Crippen LogP contribution in [-0.4, -0.2) is 27.8 Å². The summed E-state index contributed by atoms with van der Waals surface area (Å²) in [5, 5.41) is 5.64. The van der Waals surface area contributed by atoms with Crippen molar-refractivity contribution in [2.45, 2.75) is 0 Å². The molecule has 0 bridgehead atoms. The van der Waals surface area contributed by atoms with Crippen LogP contribution in [0.1, 0.15) is 0 Å². The number of carbonyl (C=O) groups is 1. The molecule has 0 unspecified atom stereocenters. The molecule has 0 radical (unpaired) electrons. The highest BCUT2D eigenvalue weighted by molar-refractivity contribution is 7.92. The first-order chi connectivity index (χ1) is 11.3. The molecule has 0 saturated carbocycles. The number of hydrogen-bond donors (Lipinski definition) is 3. The van der Waals surface area contributed by atoms with E-state index in [9.17, 15) is 13.2 Å². The van der Waals surface area contributed by atoms with Crippen LogP contribution < -0.4 is 20.1 Å². The molecule has 0 atom stereocenters. The van der Waals surface area contributed by atoms with E-state index in [2.05, 4.69) is 15.4 Å². The lowest BCUT2D eigenvalue weighted by molar-refractivity contribution is 0.262. The van der Waals surface area contributed by atoms with Crippen LogP contribution in [0.25, 0.3) is 0 Å². The average Bonchev–Trinajstić information content (AvgIpc) is 2.48. The van der Waals surface area contributed by atoms with Crippen molar-refractivity contribution in [3.05, 3.63) is 47.5 Å². The molecule has 128 valence electrons. The third-order valence-electron chi connectivity index (χ3n) is 2.86. The highest BCUT2D eigenvalue weighted by Crippen LogP contribution is 2.27. The number of anilines is 3. The molecule has 0 saturated heterocycles. The lowest BCUT2D eigenvalue weighted by atomic mass is 10.3. The summed E-state index contributed by atoms with van der Waals surface area (Å²) < 4.78 is 29.6. The van der Waals surface area contributed by atoms with Crippen LogP contribution in [-0.2, 0) is 10.0 Å². The molecule has 0 aromatic heterocycles. The number of hydrogen-bond acceptors (Lipinski definition) is 4. The van der Waals surface area contributed by atoms with Crippen LogP contribution in [0, 0.1) is 0 Å². The molecule has 9 heteroatoms. The Morgan fingerprint density at radius 1 is 1.00 bits per heavy atom. The van der Waals surface area contributed by atoms with Crippen molar-refractivity contribution in [2.75, 3.05) is 28.7 Å². The van der Waals surface area contributed by atoms with Crippen LogP contribution in [0.4, 0.5) is 21.9 Å². The molecular formula is C15H16ClN3O4S. The van der Waals surface area contributed by atoms with E-state index < -0.39 is 16.1 Å². The third kappa shape index (κ3) is 5.32. The summed E-state index contributed by atoms with van der Waals surface area (Å²) in [5.74, 6) is 0.511. The van der Waals surface area contributed by atoms with E-state index in [0.29, 0.717) is 27.8 Å². The number of carbonyl (C=O) groups excluding carboxylic acids is 1. The van der Waals surface area contributed by atoms with Gasteiger partial charge in [-0.25, -0.2) is 13.2 Å². The molecule has 3 N–H and O–H groups in total. The van der Waals surface area contributed by atoms with Gasteiger partial charge in [-0.1, -0.05) is 11.6 Å². The Morgan fingerprint density at radius 3 is 2.08 bits per heavy atom. The standard InChI is InChI=1S/C15H16ClN3O4S/c1-23-14-8-7-12(9-13(14)16)18-15(20)17-10-3-5-11(6-4-10)19-24(2,21)22/h3-9,19H,1-2H3,(H2,17,18,20). The molecule has 2 aromatic carbocycles. The van der Waals surface area contributed by atoms with Gasteiger partial charge in [0.25, 0.3) is 0 Å². The van der Waals surface area contributed by atoms with Crippen molar-refractivity contribution in [3.63, 3.8) is 0 Å². The lowest BCUT2D eigenvalue weighted by Crippen LogP contribution is -2.19. The second-order valence-electron chi connectivity index (χ2n) is 4.88. The van der Waals surface area contributed by atoms with Crippen LogP contribution in [0.15, 0.2) is 42.5 Å². The summed E-state index contributed by atoms with van der Waals surface area (Å²) in [6.45, 7) is 0. The zero-order valence-corrected chi connectivity index (χ0v) is 14.5. The molecule has 2 aromatic rings.